The van der Waals surface area contributed by atoms with Gasteiger partial charge in [-0.15, -0.1) is 0 Å². The molecule has 0 heterocycles. The van der Waals surface area contributed by atoms with Gasteiger partial charge in [0.1, 0.15) is 0 Å². The molecule has 0 aliphatic rings. The molecule has 0 amide bonds. The van der Waals surface area contributed by atoms with Crippen LogP contribution < -0.4 is 0 Å². The van der Waals surface area contributed by atoms with Gasteiger partial charge < -0.3 is 0 Å². The Balaban J connectivity index is 1.87. The van der Waals surface area contributed by atoms with Gasteiger partial charge in [0.25, 0.3) is 0 Å². The van der Waals surface area contributed by atoms with E-state index < -0.39 is 0 Å². The van der Waals surface area contributed by atoms with E-state index in [1.807, 2.05) is 24.3 Å². The number of aryl methyl sites for hydroxylation is 1. The number of carbonyl (C=O) groups excluding carboxylic acids is 1. The van der Waals surface area contributed by atoms with Gasteiger partial charge >= 0.3 is 0 Å². The van der Waals surface area contributed by atoms with Crippen LogP contribution in [0.2, 0.25) is 0 Å². The van der Waals surface area contributed by atoms with Gasteiger partial charge in [-0.3, -0.25) is 4.79 Å². The average Bonchev–Trinajstić information content (AvgIpc) is 2.58. The Hall–Kier alpha value is -2.32. The molecular weight excluding hydrogens is 288 g/mol. The first-order valence-corrected chi connectivity index (χ1v) is 7.98. The summed E-state index contributed by atoms with van der Waals surface area (Å²) in [4.78, 5) is 13.6. The van der Waals surface area contributed by atoms with Crippen LogP contribution in [0.25, 0.3) is 11.1 Å². The molecule has 2 heteroatoms. The Labute approximate surface area is 135 Å². The molecule has 0 radical (unpaired) electrons. The molecule has 3 aromatic rings. The van der Waals surface area contributed by atoms with Crippen LogP contribution in [0.1, 0.15) is 15.9 Å². The summed E-state index contributed by atoms with van der Waals surface area (Å²) < 4.78 is 0. The third kappa shape index (κ3) is 3.12. The second kappa shape index (κ2) is 6.63. The first kappa shape index (κ1) is 14.6. The number of aldehydes is 1. The highest BCUT2D eigenvalue weighted by atomic mass is 32.2. The van der Waals surface area contributed by atoms with Crippen LogP contribution in [-0.4, -0.2) is 6.29 Å². The van der Waals surface area contributed by atoms with E-state index in [0.717, 1.165) is 23.0 Å². The molecule has 0 N–H and O–H groups in total. The summed E-state index contributed by atoms with van der Waals surface area (Å²) in [6.07, 6.45) is 0.908. The van der Waals surface area contributed by atoms with Gasteiger partial charge in [0.15, 0.2) is 6.29 Å². The van der Waals surface area contributed by atoms with E-state index in [0.29, 0.717) is 0 Å². The zero-order valence-corrected chi connectivity index (χ0v) is 13.1. The topological polar surface area (TPSA) is 17.1 Å². The van der Waals surface area contributed by atoms with Gasteiger partial charge in [0, 0.05) is 15.4 Å². The van der Waals surface area contributed by atoms with Crippen molar-refractivity contribution in [1.29, 1.82) is 0 Å². The van der Waals surface area contributed by atoms with Crippen molar-refractivity contribution >= 4 is 18.0 Å². The second-order valence-electron chi connectivity index (χ2n) is 5.10. The van der Waals surface area contributed by atoms with Crippen molar-refractivity contribution in [3.63, 3.8) is 0 Å². The fourth-order valence-corrected chi connectivity index (χ4v) is 3.26. The summed E-state index contributed by atoms with van der Waals surface area (Å²) in [6, 6.07) is 24.4. The smallest absolute Gasteiger partial charge is 0.150 e. The first-order valence-electron chi connectivity index (χ1n) is 7.16. The van der Waals surface area contributed by atoms with Gasteiger partial charge in [0.2, 0.25) is 0 Å². The molecule has 0 fully saturated rings. The van der Waals surface area contributed by atoms with Crippen molar-refractivity contribution in [2.75, 3.05) is 0 Å². The minimum atomic E-state index is 0.724. The fourth-order valence-electron chi connectivity index (χ4n) is 2.36. The SMILES string of the molecule is Cc1ccccc1Sc1ccc(-c2ccccc2C=O)cc1. The third-order valence-corrected chi connectivity index (χ3v) is 4.76. The lowest BCUT2D eigenvalue weighted by Gasteiger charge is -2.08. The molecule has 0 saturated carbocycles. The summed E-state index contributed by atoms with van der Waals surface area (Å²) >= 11 is 1.76. The number of hydrogen-bond donors (Lipinski definition) is 0. The quantitative estimate of drug-likeness (QED) is 0.581. The lowest BCUT2D eigenvalue weighted by atomic mass is 10.0. The molecule has 0 saturated heterocycles. The Bertz CT molecular complexity index is 791. The summed E-state index contributed by atoms with van der Waals surface area (Å²) in [6.45, 7) is 2.12. The molecule has 0 aliphatic heterocycles. The normalized spacial score (nSPS) is 10.4. The highest BCUT2D eigenvalue weighted by molar-refractivity contribution is 7.99. The van der Waals surface area contributed by atoms with E-state index in [9.17, 15) is 4.79 Å². The maximum atomic E-state index is 11.1. The Morgan fingerprint density at radius 2 is 1.50 bits per heavy atom. The summed E-state index contributed by atoms with van der Waals surface area (Å²) in [5, 5.41) is 0. The van der Waals surface area contributed by atoms with E-state index in [1.165, 1.54) is 15.4 Å². The Morgan fingerprint density at radius 3 is 2.23 bits per heavy atom. The maximum Gasteiger partial charge on any atom is 0.150 e. The predicted octanol–water partition coefficient (Wildman–Crippen LogP) is 5.63. The number of hydrogen-bond acceptors (Lipinski definition) is 2. The van der Waals surface area contributed by atoms with Crippen LogP contribution in [0.3, 0.4) is 0 Å². The number of carbonyl (C=O) groups is 1. The largest absolute Gasteiger partial charge is 0.298 e. The van der Waals surface area contributed by atoms with Crippen molar-refractivity contribution in [1.82, 2.24) is 0 Å². The van der Waals surface area contributed by atoms with E-state index in [-0.39, 0.29) is 0 Å². The van der Waals surface area contributed by atoms with Crippen LogP contribution in [0.5, 0.6) is 0 Å². The highest BCUT2D eigenvalue weighted by Crippen LogP contribution is 2.32. The van der Waals surface area contributed by atoms with Crippen LogP contribution >= 0.6 is 11.8 Å². The van der Waals surface area contributed by atoms with Crippen molar-refractivity contribution in [2.45, 2.75) is 16.7 Å². The van der Waals surface area contributed by atoms with Gasteiger partial charge in [-0.25, -0.2) is 0 Å². The molecule has 108 valence electrons. The minimum absolute atomic E-state index is 0.724. The molecule has 0 atom stereocenters. The molecule has 3 aromatic carbocycles. The summed E-state index contributed by atoms with van der Waals surface area (Å²) in [7, 11) is 0. The fraction of sp³-hybridized carbons (Fsp3) is 0.0500. The summed E-state index contributed by atoms with van der Waals surface area (Å²) in [5.74, 6) is 0. The average molecular weight is 304 g/mol. The molecule has 1 nitrogen and oxygen atoms in total. The molecule has 0 bridgehead atoms. The van der Waals surface area contributed by atoms with Crippen molar-refractivity contribution < 1.29 is 4.79 Å². The predicted molar refractivity (Wildman–Crippen MR) is 92.6 cm³/mol. The van der Waals surface area contributed by atoms with Gasteiger partial charge in [-0.05, 0) is 41.8 Å². The van der Waals surface area contributed by atoms with E-state index in [2.05, 4.69) is 55.5 Å². The standard InChI is InChI=1S/C20H16OS/c1-15-6-2-5-9-20(15)22-18-12-10-16(11-13-18)19-8-4-3-7-17(19)14-21/h2-14H,1H3. The monoisotopic (exact) mass is 304 g/mol. The molecule has 0 aliphatic carbocycles. The first-order chi connectivity index (χ1) is 10.8. The van der Waals surface area contributed by atoms with Crippen molar-refractivity contribution in [3.8, 4) is 11.1 Å². The molecule has 0 spiro atoms. The lowest BCUT2D eigenvalue weighted by molar-refractivity contribution is 0.112. The number of rotatable bonds is 4. The van der Waals surface area contributed by atoms with Crippen molar-refractivity contribution in [2.24, 2.45) is 0 Å². The number of benzene rings is 3. The Kier molecular flexibility index (Phi) is 4.40. The van der Waals surface area contributed by atoms with Crippen molar-refractivity contribution in [3.05, 3.63) is 83.9 Å². The van der Waals surface area contributed by atoms with Crippen LogP contribution in [0.4, 0.5) is 0 Å². The van der Waals surface area contributed by atoms with Crippen LogP contribution in [0, 0.1) is 6.92 Å². The van der Waals surface area contributed by atoms with E-state index in [1.54, 1.807) is 11.8 Å². The lowest BCUT2D eigenvalue weighted by Crippen LogP contribution is -1.86. The maximum absolute atomic E-state index is 11.1. The molecule has 22 heavy (non-hydrogen) atoms. The van der Waals surface area contributed by atoms with Crippen LogP contribution in [-0.2, 0) is 0 Å². The van der Waals surface area contributed by atoms with Gasteiger partial charge in [0.05, 0.1) is 0 Å². The Morgan fingerprint density at radius 1 is 0.818 bits per heavy atom. The zero-order valence-electron chi connectivity index (χ0n) is 12.3. The highest BCUT2D eigenvalue weighted by Gasteiger charge is 2.05. The molecule has 3 rings (SSSR count). The van der Waals surface area contributed by atoms with Gasteiger partial charge in [-0.1, -0.05) is 66.4 Å². The molecule has 0 aromatic heterocycles. The van der Waals surface area contributed by atoms with Gasteiger partial charge in [-0.2, -0.15) is 0 Å². The molecule has 0 unspecified atom stereocenters. The second-order valence-corrected chi connectivity index (χ2v) is 6.21. The minimum Gasteiger partial charge on any atom is -0.298 e. The van der Waals surface area contributed by atoms with Crippen LogP contribution in [0.15, 0.2) is 82.6 Å². The third-order valence-electron chi connectivity index (χ3n) is 3.57. The summed E-state index contributed by atoms with van der Waals surface area (Å²) in [5.41, 5.74) is 4.05. The molecular formula is C20H16OS. The van der Waals surface area contributed by atoms with E-state index in [4.69, 9.17) is 0 Å². The van der Waals surface area contributed by atoms with E-state index >= 15 is 0 Å². The zero-order chi connectivity index (χ0) is 15.4.